The van der Waals surface area contributed by atoms with Crippen molar-refractivity contribution >= 4 is 34.4 Å². The van der Waals surface area contributed by atoms with E-state index in [1.807, 2.05) is 35.7 Å². The predicted molar refractivity (Wildman–Crippen MR) is 107 cm³/mol. The van der Waals surface area contributed by atoms with Crippen molar-refractivity contribution in [2.75, 3.05) is 43.6 Å². The Morgan fingerprint density at radius 1 is 1.22 bits per heavy atom. The van der Waals surface area contributed by atoms with E-state index in [9.17, 15) is 9.59 Å². The molecule has 6 nitrogen and oxygen atoms in total. The minimum absolute atomic E-state index is 0.0877. The number of benzene rings is 1. The molecule has 7 heteroatoms. The molecule has 0 spiro atoms. The maximum absolute atomic E-state index is 12.3. The number of morpholine rings is 1. The van der Waals surface area contributed by atoms with E-state index < -0.39 is 0 Å². The molecule has 1 N–H and O–H groups in total. The number of nitrogens with one attached hydrogen (secondary N) is 1. The first kappa shape index (κ1) is 19.4. The van der Waals surface area contributed by atoms with Crippen LogP contribution in [0.25, 0.3) is 0 Å². The van der Waals surface area contributed by atoms with Crippen molar-refractivity contribution in [3.05, 3.63) is 40.6 Å². The SMILES string of the molecule is COc1ccc(N2CCOCC2)cc1NC(=O)CCCC(=O)c1cccs1. The van der Waals surface area contributed by atoms with Crippen molar-refractivity contribution in [1.82, 2.24) is 0 Å². The molecule has 1 saturated heterocycles. The maximum atomic E-state index is 12.3. The molecule has 0 atom stereocenters. The number of Topliss-reactive ketones (excluding diaryl/α,β-unsaturated/α-hetero) is 1. The summed E-state index contributed by atoms with van der Waals surface area (Å²) in [6, 6.07) is 9.45. The molecule has 27 heavy (non-hydrogen) atoms. The summed E-state index contributed by atoms with van der Waals surface area (Å²) in [5, 5.41) is 4.80. The summed E-state index contributed by atoms with van der Waals surface area (Å²) in [6.07, 6.45) is 1.19. The van der Waals surface area contributed by atoms with Crippen molar-refractivity contribution in [3.8, 4) is 5.75 Å². The van der Waals surface area contributed by atoms with Crippen LogP contribution >= 0.6 is 11.3 Å². The lowest BCUT2D eigenvalue weighted by Gasteiger charge is -2.29. The molecule has 0 bridgehead atoms. The van der Waals surface area contributed by atoms with Gasteiger partial charge in [0.05, 0.1) is 30.9 Å². The molecular formula is C20H24N2O4S. The number of nitrogens with zero attached hydrogens (tertiary/aromatic N) is 1. The Hall–Kier alpha value is -2.38. The lowest BCUT2D eigenvalue weighted by Crippen LogP contribution is -2.36. The first-order valence-corrected chi connectivity index (χ1v) is 9.92. The molecular weight excluding hydrogens is 364 g/mol. The molecule has 1 aliphatic rings. The molecule has 1 aromatic carbocycles. The minimum atomic E-state index is -0.119. The lowest BCUT2D eigenvalue weighted by atomic mass is 10.1. The zero-order valence-corrected chi connectivity index (χ0v) is 16.2. The van der Waals surface area contributed by atoms with E-state index in [4.69, 9.17) is 9.47 Å². The van der Waals surface area contributed by atoms with Crippen LogP contribution in [0.2, 0.25) is 0 Å². The molecule has 2 aromatic rings. The van der Waals surface area contributed by atoms with Gasteiger partial charge in [0, 0.05) is 31.6 Å². The van der Waals surface area contributed by atoms with Gasteiger partial charge >= 0.3 is 0 Å². The monoisotopic (exact) mass is 388 g/mol. The molecule has 0 unspecified atom stereocenters. The third-order valence-electron chi connectivity index (χ3n) is 4.44. The van der Waals surface area contributed by atoms with Crippen molar-refractivity contribution in [3.63, 3.8) is 0 Å². The first-order valence-electron chi connectivity index (χ1n) is 9.04. The van der Waals surface area contributed by atoms with Crippen LogP contribution < -0.4 is 15.0 Å². The highest BCUT2D eigenvalue weighted by Gasteiger charge is 2.15. The van der Waals surface area contributed by atoms with Crippen LogP contribution in [0.4, 0.5) is 11.4 Å². The predicted octanol–water partition coefficient (Wildman–Crippen LogP) is 3.59. The van der Waals surface area contributed by atoms with E-state index in [1.165, 1.54) is 11.3 Å². The molecule has 1 amide bonds. The van der Waals surface area contributed by atoms with Crippen LogP contribution in [0, 0.1) is 0 Å². The molecule has 1 aromatic heterocycles. The van der Waals surface area contributed by atoms with Gasteiger partial charge in [-0.25, -0.2) is 0 Å². The average molecular weight is 388 g/mol. The minimum Gasteiger partial charge on any atom is -0.495 e. The number of amides is 1. The third kappa shape index (κ3) is 5.30. The number of carbonyl (C=O) groups excluding carboxylic acids is 2. The largest absolute Gasteiger partial charge is 0.495 e. The Kier molecular flexibility index (Phi) is 6.84. The number of thiophene rings is 1. The van der Waals surface area contributed by atoms with Crippen LogP contribution in [0.15, 0.2) is 35.7 Å². The van der Waals surface area contributed by atoms with Gasteiger partial charge in [0.15, 0.2) is 5.78 Å². The molecule has 3 rings (SSSR count). The Labute approximate surface area is 163 Å². The van der Waals surface area contributed by atoms with Crippen molar-refractivity contribution < 1.29 is 19.1 Å². The highest BCUT2D eigenvalue weighted by Crippen LogP contribution is 2.30. The molecule has 1 aliphatic heterocycles. The van der Waals surface area contributed by atoms with Crippen LogP contribution in [-0.2, 0) is 9.53 Å². The number of carbonyl (C=O) groups is 2. The zero-order chi connectivity index (χ0) is 19.1. The Balaban J connectivity index is 1.56. The van der Waals surface area contributed by atoms with Gasteiger partial charge in [-0.15, -0.1) is 11.3 Å². The summed E-state index contributed by atoms with van der Waals surface area (Å²) in [7, 11) is 1.58. The van der Waals surface area contributed by atoms with Gasteiger partial charge in [-0.05, 0) is 36.1 Å². The summed E-state index contributed by atoms with van der Waals surface area (Å²) in [5.41, 5.74) is 1.68. The third-order valence-corrected chi connectivity index (χ3v) is 5.35. The van der Waals surface area contributed by atoms with E-state index in [2.05, 4.69) is 10.2 Å². The standard InChI is InChI=1S/C20H24N2O4S/c1-25-18-8-7-15(22-9-11-26-12-10-22)14-16(18)21-20(24)6-2-4-17(23)19-5-3-13-27-19/h3,5,7-8,13-14H,2,4,6,9-12H2,1H3,(H,21,24). The van der Waals surface area contributed by atoms with Crippen molar-refractivity contribution in [2.24, 2.45) is 0 Å². The second-order valence-corrected chi connectivity index (χ2v) is 7.23. The van der Waals surface area contributed by atoms with Crippen LogP contribution in [0.1, 0.15) is 28.9 Å². The van der Waals surface area contributed by atoms with E-state index in [-0.39, 0.29) is 11.7 Å². The smallest absolute Gasteiger partial charge is 0.224 e. The van der Waals surface area contributed by atoms with Gasteiger partial charge in [-0.2, -0.15) is 0 Å². The van der Waals surface area contributed by atoms with Gasteiger partial charge in [-0.1, -0.05) is 6.07 Å². The lowest BCUT2D eigenvalue weighted by molar-refractivity contribution is -0.116. The number of ether oxygens (including phenoxy) is 2. The Bertz CT molecular complexity index is 770. The fraction of sp³-hybridized carbons (Fsp3) is 0.400. The molecule has 144 valence electrons. The van der Waals surface area contributed by atoms with E-state index in [0.717, 1.165) is 23.7 Å². The molecule has 0 saturated carbocycles. The van der Waals surface area contributed by atoms with Gasteiger partial charge in [-0.3, -0.25) is 9.59 Å². The quantitative estimate of drug-likeness (QED) is 0.700. The molecule has 1 fully saturated rings. The highest BCUT2D eigenvalue weighted by atomic mass is 32.1. The molecule has 0 radical (unpaired) electrons. The number of hydrogen-bond donors (Lipinski definition) is 1. The number of ketones is 1. The number of hydrogen-bond acceptors (Lipinski definition) is 6. The van der Waals surface area contributed by atoms with Gasteiger partial charge in [0.1, 0.15) is 5.75 Å². The summed E-state index contributed by atoms with van der Waals surface area (Å²) in [5.74, 6) is 0.589. The van der Waals surface area contributed by atoms with Gasteiger partial charge in [0.2, 0.25) is 5.91 Å². The second-order valence-electron chi connectivity index (χ2n) is 6.29. The van der Waals surface area contributed by atoms with Crippen LogP contribution in [0.5, 0.6) is 5.75 Å². The Morgan fingerprint density at radius 3 is 2.74 bits per heavy atom. The summed E-state index contributed by atoms with van der Waals surface area (Å²) >= 11 is 1.43. The normalized spacial score (nSPS) is 14.0. The second kappa shape index (κ2) is 9.53. The fourth-order valence-electron chi connectivity index (χ4n) is 2.99. The first-order chi connectivity index (χ1) is 13.2. The van der Waals surface area contributed by atoms with E-state index >= 15 is 0 Å². The number of rotatable bonds is 8. The van der Waals surface area contributed by atoms with Gasteiger partial charge < -0.3 is 19.7 Å². The summed E-state index contributed by atoms with van der Waals surface area (Å²) in [6.45, 7) is 3.05. The van der Waals surface area contributed by atoms with Gasteiger partial charge in [0.25, 0.3) is 0 Å². The van der Waals surface area contributed by atoms with Crippen LogP contribution in [-0.4, -0.2) is 45.1 Å². The van der Waals surface area contributed by atoms with Crippen LogP contribution in [0.3, 0.4) is 0 Å². The fourth-order valence-corrected chi connectivity index (χ4v) is 3.69. The maximum Gasteiger partial charge on any atom is 0.224 e. The number of methoxy groups -OCH3 is 1. The zero-order valence-electron chi connectivity index (χ0n) is 15.4. The van der Waals surface area contributed by atoms with Crippen molar-refractivity contribution in [1.29, 1.82) is 0 Å². The number of anilines is 2. The summed E-state index contributed by atoms with van der Waals surface area (Å²) in [4.78, 5) is 27.3. The topological polar surface area (TPSA) is 67.9 Å². The highest BCUT2D eigenvalue weighted by molar-refractivity contribution is 7.12. The Morgan fingerprint density at radius 2 is 2.04 bits per heavy atom. The van der Waals surface area contributed by atoms with E-state index in [1.54, 1.807) is 7.11 Å². The molecule has 0 aliphatic carbocycles. The average Bonchev–Trinajstić information content (AvgIpc) is 3.23. The molecule has 2 heterocycles. The van der Waals surface area contributed by atoms with Crippen molar-refractivity contribution in [2.45, 2.75) is 19.3 Å². The van der Waals surface area contributed by atoms with E-state index in [0.29, 0.717) is 43.9 Å². The summed E-state index contributed by atoms with van der Waals surface area (Å²) < 4.78 is 10.8.